The number of nitrogens with zero attached hydrogens (tertiary/aromatic N) is 1. The summed E-state index contributed by atoms with van der Waals surface area (Å²) in [5.41, 5.74) is 3.61. The number of hydrogen-bond donors (Lipinski definition) is 2. The molecule has 6 nitrogen and oxygen atoms in total. The quantitative estimate of drug-likeness (QED) is 0.627. The summed E-state index contributed by atoms with van der Waals surface area (Å²) in [7, 11) is -2.05. The largest absolute Gasteiger partial charge is 0.497 e. The molecule has 2 aromatic carbocycles. The summed E-state index contributed by atoms with van der Waals surface area (Å²) < 4.78 is 32.9. The van der Waals surface area contributed by atoms with Crippen molar-refractivity contribution in [2.45, 2.75) is 25.3 Å². The molecule has 0 atom stereocenters. The summed E-state index contributed by atoms with van der Waals surface area (Å²) in [6, 6.07) is 16.4. The fourth-order valence-corrected chi connectivity index (χ4v) is 4.04. The zero-order valence-electron chi connectivity index (χ0n) is 16.1. The first kappa shape index (κ1) is 19.7. The maximum Gasteiger partial charge on any atom is 0.263 e. The van der Waals surface area contributed by atoms with E-state index in [0.29, 0.717) is 12.1 Å². The van der Waals surface area contributed by atoms with Gasteiger partial charge >= 0.3 is 0 Å². The first-order chi connectivity index (χ1) is 13.4. The van der Waals surface area contributed by atoms with E-state index in [0.717, 1.165) is 22.6 Å². The Bertz CT molecular complexity index is 1050. The minimum absolute atomic E-state index is 0.251. The van der Waals surface area contributed by atoms with Gasteiger partial charge < -0.3 is 10.1 Å². The summed E-state index contributed by atoms with van der Waals surface area (Å²) in [4.78, 5) is 4.45. The molecule has 0 radical (unpaired) electrons. The van der Waals surface area contributed by atoms with Crippen LogP contribution < -0.4 is 14.8 Å². The molecule has 3 aromatic rings. The van der Waals surface area contributed by atoms with Gasteiger partial charge in [-0.3, -0.25) is 4.72 Å². The fraction of sp³-hybridized carbons (Fsp3) is 0.190. The van der Waals surface area contributed by atoms with Crippen LogP contribution in [-0.2, 0) is 16.6 Å². The Hall–Kier alpha value is -3.06. The van der Waals surface area contributed by atoms with Crippen molar-refractivity contribution in [3.05, 3.63) is 77.5 Å². The number of hydrogen-bond acceptors (Lipinski definition) is 5. The van der Waals surface area contributed by atoms with Gasteiger partial charge in [-0.1, -0.05) is 29.8 Å². The molecule has 0 amide bonds. The molecule has 0 saturated carbocycles. The van der Waals surface area contributed by atoms with E-state index in [1.165, 1.54) is 0 Å². The topological polar surface area (TPSA) is 80.3 Å². The highest BCUT2D eigenvalue weighted by molar-refractivity contribution is 7.92. The van der Waals surface area contributed by atoms with E-state index < -0.39 is 10.0 Å². The van der Waals surface area contributed by atoms with Gasteiger partial charge in [0.05, 0.1) is 23.9 Å². The standard InChI is InChI=1S/C21H23N3O3S/c1-15-4-10-20(16(2)12-15)28(25,26)24-21-11-7-18(14-23-21)22-13-17-5-8-19(27-3)9-6-17/h4-12,14,22H,13H2,1-3H3,(H,23,24). The molecule has 0 aliphatic rings. The van der Waals surface area contributed by atoms with Gasteiger partial charge in [0.25, 0.3) is 10.0 Å². The van der Waals surface area contributed by atoms with Crippen molar-refractivity contribution >= 4 is 21.5 Å². The molecule has 0 unspecified atom stereocenters. The highest BCUT2D eigenvalue weighted by Gasteiger charge is 2.17. The molecule has 1 aromatic heterocycles. The number of nitrogens with one attached hydrogen (secondary N) is 2. The van der Waals surface area contributed by atoms with Crippen molar-refractivity contribution in [1.82, 2.24) is 4.98 Å². The molecule has 2 N–H and O–H groups in total. The van der Waals surface area contributed by atoms with Crippen molar-refractivity contribution in [3.8, 4) is 5.75 Å². The van der Waals surface area contributed by atoms with Crippen LogP contribution in [0.1, 0.15) is 16.7 Å². The third-order valence-corrected chi connectivity index (χ3v) is 5.79. The number of rotatable bonds is 7. The van der Waals surface area contributed by atoms with E-state index in [-0.39, 0.29) is 10.7 Å². The molecule has 3 rings (SSSR count). The van der Waals surface area contributed by atoms with Crippen LogP contribution in [0, 0.1) is 13.8 Å². The molecule has 0 bridgehead atoms. The second kappa shape index (κ2) is 8.31. The van der Waals surface area contributed by atoms with E-state index in [1.807, 2.05) is 37.3 Å². The van der Waals surface area contributed by atoms with Crippen molar-refractivity contribution < 1.29 is 13.2 Å². The zero-order valence-corrected chi connectivity index (χ0v) is 16.9. The van der Waals surface area contributed by atoms with Crippen LogP contribution in [-0.4, -0.2) is 20.5 Å². The molecule has 0 saturated heterocycles. The number of anilines is 2. The van der Waals surface area contributed by atoms with Gasteiger partial charge in [0.15, 0.2) is 0 Å². The van der Waals surface area contributed by atoms with Crippen molar-refractivity contribution in [2.24, 2.45) is 0 Å². The number of benzene rings is 2. The number of methoxy groups -OCH3 is 1. The molecule has 0 spiro atoms. The Morgan fingerprint density at radius 1 is 1.00 bits per heavy atom. The summed E-state index contributed by atoms with van der Waals surface area (Å²) in [6.45, 7) is 4.33. The lowest BCUT2D eigenvalue weighted by molar-refractivity contribution is 0.414. The molecule has 0 fully saturated rings. The predicted octanol–water partition coefficient (Wildman–Crippen LogP) is 4.12. The van der Waals surface area contributed by atoms with E-state index in [2.05, 4.69) is 15.0 Å². The molecule has 28 heavy (non-hydrogen) atoms. The zero-order chi connectivity index (χ0) is 20.1. The van der Waals surface area contributed by atoms with Crippen molar-refractivity contribution in [3.63, 3.8) is 0 Å². The average molecular weight is 398 g/mol. The predicted molar refractivity (Wildman–Crippen MR) is 111 cm³/mol. The molecule has 0 aliphatic carbocycles. The minimum Gasteiger partial charge on any atom is -0.497 e. The number of ether oxygens (including phenoxy) is 1. The molecule has 1 heterocycles. The molecule has 7 heteroatoms. The van der Waals surface area contributed by atoms with Crippen LogP contribution >= 0.6 is 0 Å². The van der Waals surface area contributed by atoms with Crippen molar-refractivity contribution in [1.29, 1.82) is 0 Å². The van der Waals surface area contributed by atoms with Crippen LogP contribution in [0.5, 0.6) is 5.75 Å². The first-order valence-corrected chi connectivity index (χ1v) is 10.3. The Morgan fingerprint density at radius 3 is 2.36 bits per heavy atom. The monoisotopic (exact) mass is 397 g/mol. The third-order valence-electron chi connectivity index (χ3n) is 4.28. The number of sulfonamides is 1. The lowest BCUT2D eigenvalue weighted by Crippen LogP contribution is -2.15. The molecular formula is C21H23N3O3S. The first-order valence-electron chi connectivity index (χ1n) is 8.80. The van der Waals surface area contributed by atoms with Crippen LogP contribution in [0.25, 0.3) is 0 Å². The Balaban J connectivity index is 1.65. The van der Waals surface area contributed by atoms with E-state index in [9.17, 15) is 8.42 Å². The summed E-state index contributed by atoms with van der Waals surface area (Å²) in [5, 5.41) is 3.25. The molecular weight excluding hydrogens is 374 g/mol. The van der Waals surface area contributed by atoms with Crippen molar-refractivity contribution in [2.75, 3.05) is 17.1 Å². The maximum absolute atomic E-state index is 12.6. The van der Waals surface area contributed by atoms with Gasteiger partial charge in [-0.05, 0) is 55.3 Å². The number of aromatic nitrogens is 1. The smallest absolute Gasteiger partial charge is 0.263 e. The van der Waals surface area contributed by atoms with Crippen LogP contribution in [0.15, 0.2) is 65.7 Å². The SMILES string of the molecule is COc1ccc(CNc2ccc(NS(=O)(=O)c3ccc(C)cc3C)nc2)cc1. The molecule has 146 valence electrons. The Kier molecular flexibility index (Phi) is 5.84. The van der Waals surface area contributed by atoms with E-state index in [1.54, 1.807) is 44.5 Å². The maximum atomic E-state index is 12.6. The van der Waals surface area contributed by atoms with E-state index in [4.69, 9.17) is 4.74 Å². The van der Waals surface area contributed by atoms with Gasteiger partial charge in [-0.15, -0.1) is 0 Å². The van der Waals surface area contributed by atoms with Gasteiger partial charge in [0.1, 0.15) is 11.6 Å². The number of pyridine rings is 1. The second-order valence-corrected chi connectivity index (χ2v) is 8.16. The van der Waals surface area contributed by atoms with Crippen LogP contribution in [0.4, 0.5) is 11.5 Å². The lowest BCUT2D eigenvalue weighted by atomic mass is 10.2. The Labute approximate surface area is 165 Å². The summed E-state index contributed by atoms with van der Waals surface area (Å²) in [5.74, 6) is 1.08. The van der Waals surface area contributed by atoms with Gasteiger partial charge in [0.2, 0.25) is 0 Å². The van der Waals surface area contributed by atoms with E-state index >= 15 is 0 Å². The average Bonchev–Trinajstić information content (AvgIpc) is 2.67. The molecule has 0 aliphatic heterocycles. The van der Waals surface area contributed by atoms with Gasteiger partial charge in [-0.2, -0.15) is 0 Å². The highest BCUT2D eigenvalue weighted by Crippen LogP contribution is 2.20. The van der Waals surface area contributed by atoms with Crippen LogP contribution in [0.3, 0.4) is 0 Å². The van der Waals surface area contributed by atoms with Gasteiger partial charge in [0, 0.05) is 6.54 Å². The number of aryl methyl sites for hydroxylation is 2. The third kappa shape index (κ3) is 4.80. The van der Waals surface area contributed by atoms with Gasteiger partial charge in [-0.25, -0.2) is 13.4 Å². The fourth-order valence-electron chi connectivity index (χ4n) is 2.80. The second-order valence-electron chi connectivity index (χ2n) is 6.51. The summed E-state index contributed by atoms with van der Waals surface area (Å²) >= 11 is 0. The Morgan fingerprint density at radius 2 is 1.75 bits per heavy atom. The minimum atomic E-state index is -3.68. The van der Waals surface area contributed by atoms with Crippen LogP contribution in [0.2, 0.25) is 0 Å². The highest BCUT2D eigenvalue weighted by atomic mass is 32.2. The lowest BCUT2D eigenvalue weighted by Gasteiger charge is -2.11. The summed E-state index contributed by atoms with van der Waals surface area (Å²) in [6.07, 6.45) is 1.60. The normalized spacial score (nSPS) is 11.1.